The van der Waals surface area contributed by atoms with E-state index in [4.69, 9.17) is 14.2 Å². The van der Waals surface area contributed by atoms with Crippen LogP contribution in [-0.4, -0.2) is 36.8 Å². The maximum atomic E-state index is 11.9. The molecule has 0 aromatic heterocycles. The Morgan fingerprint density at radius 2 is 1.94 bits per heavy atom. The second-order valence-electron chi connectivity index (χ2n) is 4.21. The summed E-state index contributed by atoms with van der Waals surface area (Å²) in [4.78, 5) is 8.77. The maximum Gasteiger partial charge on any atom is 0.515 e. The molecule has 0 aromatic rings. The maximum absolute atomic E-state index is 11.9. The van der Waals surface area contributed by atoms with Crippen LogP contribution in [0.1, 0.15) is 25.7 Å². The van der Waals surface area contributed by atoms with Crippen molar-refractivity contribution in [2.24, 2.45) is 0 Å². The van der Waals surface area contributed by atoms with Gasteiger partial charge in [0, 0.05) is 13.8 Å². The van der Waals surface area contributed by atoms with Crippen LogP contribution in [0.15, 0.2) is 0 Å². The Kier molecular flexibility index (Phi) is 5.55. The van der Waals surface area contributed by atoms with Crippen molar-refractivity contribution in [3.8, 4) is 0 Å². The second-order valence-corrected chi connectivity index (χ2v) is 8.28. The third-order valence-electron chi connectivity index (χ3n) is 2.68. The summed E-state index contributed by atoms with van der Waals surface area (Å²) in [6.45, 7) is 1.41. The van der Waals surface area contributed by atoms with E-state index in [9.17, 15) is 9.13 Å². The number of hydrogen-bond acceptors (Lipinski definition) is 4. The second kappa shape index (κ2) is 6.23. The smallest absolute Gasteiger partial charge is 0.379 e. The van der Waals surface area contributed by atoms with Gasteiger partial charge in [0.2, 0.25) is 7.37 Å². The van der Waals surface area contributed by atoms with Crippen molar-refractivity contribution in [1.29, 1.82) is 0 Å². The van der Waals surface area contributed by atoms with Crippen molar-refractivity contribution >= 4 is 15.4 Å². The lowest BCUT2D eigenvalue weighted by atomic mass is 9.95. The van der Waals surface area contributed by atoms with Gasteiger partial charge in [0.1, 0.15) is 0 Å². The van der Waals surface area contributed by atoms with Gasteiger partial charge in [0.15, 0.2) is 0 Å². The van der Waals surface area contributed by atoms with Crippen LogP contribution < -0.4 is 0 Å². The van der Waals surface area contributed by atoms with Gasteiger partial charge in [-0.3, -0.25) is 4.57 Å². The Morgan fingerprint density at radius 1 is 1.38 bits per heavy atom. The van der Waals surface area contributed by atoms with Crippen LogP contribution in [0.25, 0.3) is 0 Å². The monoisotopic (exact) mass is 269 g/mol. The standard InChI is InChI=1S/C9H18O5P2/c1-13-8-5-3-4-6-9(8)14-16(2,12)7-15(10)11/h8-9H,3-7H2,1-2H3/p+1. The van der Waals surface area contributed by atoms with Crippen LogP contribution in [0, 0.1) is 0 Å². The first-order valence-electron chi connectivity index (χ1n) is 5.36. The third-order valence-corrected chi connectivity index (χ3v) is 6.42. The number of rotatable bonds is 5. The first-order valence-corrected chi connectivity index (χ1v) is 9.01. The van der Waals surface area contributed by atoms with E-state index in [-0.39, 0.29) is 18.1 Å². The molecule has 4 unspecified atom stereocenters. The lowest BCUT2D eigenvalue weighted by Gasteiger charge is -2.31. The van der Waals surface area contributed by atoms with Crippen LogP contribution in [-0.2, 0) is 18.4 Å². The molecule has 1 rings (SSSR count). The minimum atomic E-state index is -2.98. The molecule has 94 valence electrons. The average Bonchev–Trinajstić information content (AvgIpc) is 2.15. The molecule has 0 saturated heterocycles. The molecular weight excluding hydrogens is 250 g/mol. The zero-order valence-electron chi connectivity index (χ0n) is 9.66. The number of ether oxygens (including phenoxy) is 1. The molecule has 16 heavy (non-hydrogen) atoms. The van der Waals surface area contributed by atoms with Gasteiger partial charge in [-0.1, -0.05) is 12.8 Å². The van der Waals surface area contributed by atoms with E-state index in [0.29, 0.717) is 0 Å². The number of hydrogen-bond donors (Lipinski definition) is 1. The lowest BCUT2D eigenvalue weighted by Crippen LogP contribution is -2.33. The van der Waals surface area contributed by atoms with Crippen molar-refractivity contribution in [2.45, 2.75) is 37.9 Å². The number of methoxy groups -OCH3 is 1. The van der Waals surface area contributed by atoms with Gasteiger partial charge < -0.3 is 9.26 Å². The summed E-state index contributed by atoms with van der Waals surface area (Å²) in [5.41, 5.74) is 0. The highest BCUT2D eigenvalue weighted by Gasteiger charge is 2.35. The fourth-order valence-corrected chi connectivity index (χ4v) is 4.83. The first kappa shape index (κ1) is 14.3. The van der Waals surface area contributed by atoms with Gasteiger partial charge in [0.25, 0.3) is 5.90 Å². The largest absolute Gasteiger partial charge is 0.515 e. The normalized spacial score (nSPS) is 30.8. The molecule has 1 aliphatic carbocycles. The Bertz CT molecular complexity index is 294. The highest BCUT2D eigenvalue weighted by Crippen LogP contribution is 2.51. The molecule has 0 aromatic carbocycles. The van der Waals surface area contributed by atoms with E-state index in [0.717, 1.165) is 25.7 Å². The summed E-state index contributed by atoms with van der Waals surface area (Å²) in [7, 11) is -3.78. The van der Waals surface area contributed by atoms with Gasteiger partial charge >= 0.3 is 8.03 Å². The molecule has 1 fully saturated rings. The SMILES string of the molecule is COC1CCCCC1OP(C)(=O)C[P+](=O)O. The minimum absolute atomic E-state index is 0.0430. The molecule has 0 spiro atoms. The fraction of sp³-hybridized carbons (Fsp3) is 1.00. The van der Waals surface area contributed by atoms with Gasteiger partial charge in [-0.15, -0.1) is 0 Å². The van der Waals surface area contributed by atoms with Gasteiger partial charge in [0.05, 0.1) is 12.2 Å². The average molecular weight is 269 g/mol. The van der Waals surface area contributed by atoms with Crippen LogP contribution in [0.4, 0.5) is 0 Å². The van der Waals surface area contributed by atoms with Crippen molar-refractivity contribution in [1.82, 2.24) is 0 Å². The highest BCUT2D eigenvalue weighted by molar-refractivity contribution is 7.68. The summed E-state index contributed by atoms with van der Waals surface area (Å²) in [6.07, 6.45) is 3.56. The van der Waals surface area contributed by atoms with Crippen LogP contribution >= 0.6 is 15.4 Å². The molecule has 1 saturated carbocycles. The van der Waals surface area contributed by atoms with Crippen molar-refractivity contribution in [3.63, 3.8) is 0 Å². The third kappa shape index (κ3) is 4.60. The van der Waals surface area contributed by atoms with Crippen LogP contribution in [0.5, 0.6) is 0 Å². The molecule has 0 bridgehead atoms. The summed E-state index contributed by atoms with van der Waals surface area (Å²) >= 11 is 0. The van der Waals surface area contributed by atoms with E-state index in [1.807, 2.05) is 0 Å². The van der Waals surface area contributed by atoms with Crippen molar-refractivity contribution < 1.29 is 23.3 Å². The molecule has 5 nitrogen and oxygen atoms in total. The van der Waals surface area contributed by atoms with E-state index in [1.54, 1.807) is 7.11 Å². The summed E-state index contributed by atoms with van der Waals surface area (Å²) in [5.74, 6) is -0.269. The summed E-state index contributed by atoms with van der Waals surface area (Å²) < 4.78 is 33.4. The summed E-state index contributed by atoms with van der Waals surface area (Å²) in [5, 5.41) is 0. The molecule has 0 heterocycles. The first-order chi connectivity index (χ1) is 7.44. The Morgan fingerprint density at radius 3 is 2.44 bits per heavy atom. The van der Waals surface area contributed by atoms with Crippen molar-refractivity contribution in [2.75, 3.05) is 19.7 Å². The van der Waals surface area contributed by atoms with Gasteiger partial charge in [-0.05, 0) is 17.4 Å². The van der Waals surface area contributed by atoms with E-state index < -0.39 is 15.4 Å². The summed E-state index contributed by atoms with van der Waals surface area (Å²) in [6, 6.07) is 0. The molecule has 1 N–H and O–H groups in total. The Balaban J connectivity index is 2.56. The lowest BCUT2D eigenvalue weighted by molar-refractivity contribution is -0.0211. The molecule has 0 aliphatic heterocycles. The predicted octanol–water partition coefficient (Wildman–Crippen LogP) is 2.56. The van der Waals surface area contributed by atoms with E-state index >= 15 is 0 Å². The van der Waals surface area contributed by atoms with Gasteiger partial charge in [-0.25, -0.2) is 0 Å². The fourth-order valence-electron chi connectivity index (χ4n) is 1.99. The van der Waals surface area contributed by atoms with E-state index in [2.05, 4.69) is 0 Å². The molecule has 1 aliphatic rings. The zero-order chi connectivity index (χ0) is 12.2. The van der Waals surface area contributed by atoms with E-state index in [1.165, 1.54) is 6.66 Å². The molecule has 7 heteroatoms. The zero-order valence-corrected chi connectivity index (χ0v) is 11.5. The highest BCUT2D eigenvalue weighted by atomic mass is 31.2. The molecule has 0 amide bonds. The van der Waals surface area contributed by atoms with Crippen molar-refractivity contribution in [3.05, 3.63) is 0 Å². The Hall–Kier alpha value is 0.210. The van der Waals surface area contributed by atoms with Crippen LogP contribution in [0.3, 0.4) is 0 Å². The molecule has 0 radical (unpaired) electrons. The van der Waals surface area contributed by atoms with Crippen LogP contribution in [0.2, 0.25) is 0 Å². The molecular formula is C9H19O5P2+. The van der Waals surface area contributed by atoms with Gasteiger partial charge in [-0.2, -0.15) is 4.89 Å². The minimum Gasteiger partial charge on any atom is -0.379 e. The Labute approximate surface area is 96.8 Å². The quantitative estimate of drug-likeness (QED) is 0.776. The topological polar surface area (TPSA) is 72.8 Å². The molecule has 4 atom stereocenters. The predicted molar refractivity (Wildman–Crippen MR) is 62.4 cm³/mol.